The molecule has 2 heterocycles. The van der Waals surface area contributed by atoms with Crippen LogP contribution >= 0.6 is 0 Å². The largest absolute Gasteiger partial charge is 0.460 e. The van der Waals surface area contributed by atoms with E-state index in [4.69, 9.17) is 4.74 Å². The third-order valence-electron chi connectivity index (χ3n) is 5.57. The fraction of sp³-hybridized carbons (Fsp3) is 0.700. The van der Waals surface area contributed by atoms with Crippen molar-refractivity contribution in [1.29, 1.82) is 0 Å². The van der Waals surface area contributed by atoms with Gasteiger partial charge in [-0.2, -0.15) is 0 Å². The van der Waals surface area contributed by atoms with Crippen LogP contribution in [-0.4, -0.2) is 51.9 Å². The fourth-order valence-electron chi connectivity index (χ4n) is 4.00. The van der Waals surface area contributed by atoms with E-state index in [1.165, 1.54) is 0 Å². The summed E-state index contributed by atoms with van der Waals surface area (Å²) in [5.41, 5.74) is 1.82. The van der Waals surface area contributed by atoms with Crippen LogP contribution in [-0.2, 0) is 9.59 Å². The summed E-state index contributed by atoms with van der Waals surface area (Å²) in [7, 11) is 0. The van der Waals surface area contributed by atoms with Crippen molar-refractivity contribution in [2.24, 2.45) is 5.92 Å². The van der Waals surface area contributed by atoms with Crippen LogP contribution in [0.4, 0.5) is 0 Å². The lowest BCUT2D eigenvalue weighted by Gasteiger charge is -2.33. The first-order chi connectivity index (χ1) is 12.9. The predicted molar refractivity (Wildman–Crippen MR) is 101 cm³/mol. The molecule has 1 aromatic rings. The van der Waals surface area contributed by atoms with E-state index >= 15 is 0 Å². The molecule has 27 heavy (non-hydrogen) atoms. The second kappa shape index (κ2) is 8.67. The van der Waals surface area contributed by atoms with Crippen molar-refractivity contribution in [2.45, 2.75) is 71.4 Å². The van der Waals surface area contributed by atoms with Gasteiger partial charge in [0.25, 0.3) is 0 Å². The lowest BCUT2D eigenvalue weighted by atomic mass is 9.91. The Kier molecular flexibility index (Phi) is 6.29. The van der Waals surface area contributed by atoms with Gasteiger partial charge in [-0.3, -0.25) is 9.59 Å². The number of hydrogen-bond acceptors (Lipinski definition) is 5. The molecule has 0 bridgehead atoms. The van der Waals surface area contributed by atoms with Crippen molar-refractivity contribution in [3.8, 4) is 6.01 Å². The minimum Gasteiger partial charge on any atom is -0.460 e. The topological polar surface area (TPSA) is 84.4 Å². The molecule has 0 radical (unpaired) electrons. The normalized spacial score (nSPS) is 23.7. The van der Waals surface area contributed by atoms with E-state index < -0.39 is 0 Å². The Morgan fingerprint density at radius 2 is 1.63 bits per heavy atom. The van der Waals surface area contributed by atoms with Crippen LogP contribution in [0.3, 0.4) is 0 Å². The number of carbonyl (C=O) groups excluding carboxylic acids is 2. The van der Waals surface area contributed by atoms with Crippen LogP contribution in [0.2, 0.25) is 0 Å². The van der Waals surface area contributed by atoms with Crippen LogP contribution in [0.5, 0.6) is 6.01 Å². The average Bonchev–Trinajstić information content (AvgIpc) is 2.62. The SMILES string of the molecule is CC(=O)N1CCC(C(=O)NC2CCC(Oc3nc(C)cc(C)n3)CC2)CC1. The molecule has 2 amide bonds. The van der Waals surface area contributed by atoms with Gasteiger partial charge in [-0.25, -0.2) is 9.97 Å². The Balaban J connectivity index is 1.41. The number of amides is 2. The highest BCUT2D eigenvalue weighted by Crippen LogP contribution is 2.24. The molecule has 1 aromatic heterocycles. The Morgan fingerprint density at radius 3 is 2.19 bits per heavy atom. The van der Waals surface area contributed by atoms with Crippen LogP contribution in [0.25, 0.3) is 0 Å². The molecule has 1 aliphatic carbocycles. The second-order valence-corrected chi connectivity index (χ2v) is 7.81. The van der Waals surface area contributed by atoms with Gasteiger partial charge >= 0.3 is 6.01 Å². The summed E-state index contributed by atoms with van der Waals surface area (Å²) < 4.78 is 5.95. The first-order valence-corrected chi connectivity index (χ1v) is 9.95. The van der Waals surface area contributed by atoms with Gasteiger partial charge in [0.15, 0.2) is 0 Å². The molecule has 0 atom stereocenters. The average molecular weight is 374 g/mol. The van der Waals surface area contributed by atoms with Gasteiger partial charge < -0.3 is 15.0 Å². The Bertz CT molecular complexity index is 658. The summed E-state index contributed by atoms with van der Waals surface area (Å²) in [6, 6.07) is 2.60. The molecular formula is C20H30N4O3. The zero-order chi connectivity index (χ0) is 19.4. The zero-order valence-electron chi connectivity index (χ0n) is 16.5. The maximum atomic E-state index is 12.5. The highest BCUT2D eigenvalue weighted by Gasteiger charge is 2.29. The molecule has 1 N–H and O–H groups in total. The molecular weight excluding hydrogens is 344 g/mol. The van der Waals surface area contributed by atoms with Gasteiger partial charge in [0.2, 0.25) is 11.8 Å². The monoisotopic (exact) mass is 374 g/mol. The molecule has 0 unspecified atom stereocenters. The van der Waals surface area contributed by atoms with E-state index in [1.54, 1.807) is 6.92 Å². The Morgan fingerprint density at radius 1 is 1.04 bits per heavy atom. The minimum absolute atomic E-state index is 0.0262. The third-order valence-corrected chi connectivity index (χ3v) is 5.57. The first kappa shape index (κ1) is 19.6. The molecule has 1 saturated carbocycles. The van der Waals surface area contributed by atoms with Crippen LogP contribution in [0, 0.1) is 19.8 Å². The number of piperidine rings is 1. The molecule has 3 rings (SSSR count). The van der Waals surface area contributed by atoms with Crippen LogP contribution in [0.1, 0.15) is 56.8 Å². The van der Waals surface area contributed by atoms with Gasteiger partial charge in [0.05, 0.1) is 0 Å². The molecule has 0 spiro atoms. The molecule has 2 aliphatic rings. The highest BCUT2D eigenvalue weighted by atomic mass is 16.5. The minimum atomic E-state index is 0.0262. The van der Waals surface area contributed by atoms with Crippen molar-refractivity contribution in [1.82, 2.24) is 20.2 Å². The van der Waals surface area contributed by atoms with Crippen molar-refractivity contribution in [3.63, 3.8) is 0 Å². The summed E-state index contributed by atoms with van der Waals surface area (Å²) in [5, 5.41) is 3.21. The standard InChI is InChI=1S/C20H30N4O3/c1-13-12-14(2)22-20(21-13)27-18-6-4-17(5-7-18)23-19(26)16-8-10-24(11-9-16)15(3)25/h12,16-18H,4-11H2,1-3H3,(H,23,26). The van der Waals surface area contributed by atoms with Gasteiger partial charge in [0.1, 0.15) is 6.10 Å². The van der Waals surface area contributed by atoms with Gasteiger partial charge in [0, 0.05) is 43.4 Å². The van der Waals surface area contributed by atoms with E-state index in [2.05, 4.69) is 15.3 Å². The van der Waals surface area contributed by atoms with E-state index in [0.29, 0.717) is 19.1 Å². The van der Waals surface area contributed by atoms with Crippen molar-refractivity contribution >= 4 is 11.8 Å². The third kappa shape index (κ3) is 5.40. The lowest BCUT2D eigenvalue weighted by Crippen LogP contribution is -2.46. The molecule has 1 saturated heterocycles. The number of likely N-dealkylation sites (tertiary alicyclic amines) is 1. The Hall–Kier alpha value is -2.18. The quantitative estimate of drug-likeness (QED) is 0.873. The fourth-order valence-corrected chi connectivity index (χ4v) is 4.00. The van der Waals surface area contributed by atoms with E-state index in [9.17, 15) is 9.59 Å². The molecule has 0 aromatic carbocycles. The number of rotatable bonds is 4. The summed E-state index contributed by atoms with van der Waals surface area (Å²) in [6.45, 7) is 6.83. The highest BCUT2D eigenvalue weighted by molar-refractivity contribution is 5.79. The van der Waals surface area contributed by atoms with E-state index in [-0.39, 0.29) is 29.9 Å². The lowest BCUT2D eigenvalue weighted by molar-refractivity contribution is -0.134. The summed E-state index contributed by atoms with van der Waals surface area (Å²) >= 11 is 0. The maximum absolute atomic E-state index is 12.5. The maximum Gasteiger partial charge on any atom is 0.317 e. The number of hydrogen-bond donors (Lipinski definition) is 1. The molecule has 2 fully saturated rings. The second-order valence-electron chi connectivity index (χ2n) is 7.81. The number of aromatic nitrogens is 2. The number of nitrogens with one attached hydrogen (secondary N) is 1. The van der Waals surface area contributed by atoms with Crippen molar-refractivity contribution in [2.75, 3.05) is 13.1 Å². The number of aryl methyl sites for hydroxylation is 2. The van der Waals surface area contributed by atoms with Gasteiger partial charge in [-0.05, 0) is 58.4 Å². The molecule has 7 heteroatoms. The summed E-state index contributed by atoms with van der Waals surface area (Å²) in [6.07, 6.45) is 5.23. The number of ether oxygens (including phenoxy) is 1. The van der Waals surface area contributed by atoms with E-state index in [1.807, 2.05) is 24.8 Å². The molecule has 1 aliphatic heterocycles. The predicted octanol–water partition coefficient (Wildman–Crippen LogP) is 2.16. The summed E-state index contributed by atoms with van der Waals surface area (Å²) in [4.78, 5) is 34.4. The van der Waals surface area contributed by atoms with Gasteiger partial charge in [-0.1, -0.05) is 0 Å². The Labute approximate surface area is 160 Å². The molecule has 148 valence electrons. The van der Waals surface area contributed by atoms with Crippen molar-refractivity contribution in [3.05, 3.63) is 17.5 Å². The zero-order valence-corrected chi connectivity index (χ0v) is 16.5. The van der Waals surface area contributed by atoms with E-state index in [0.717, 1.165) is 49.9 Å². The smallest absolute Gasteiger partial charge is 0.317 e. The van der Waals surface area contributed by atoms with Crippen LogP contribution in [0.15, 0.2) is 6.07 Å². The van der Waals surface area contributed by atoms with Crippen molar-refractivity contribution < 1.29 is 14.3 Å². The number of carbonyl (C=O) groups is 2. The first-order valence-electron chi connectivity index (χ1n) is 9.95. The van der Waals surface area contributed by atoms with Gasteiger partial charge in [-0.15, -0.1) is 0 Å². The van der Waals surface area contributed by atoms with Crippen LogP contribution < -0.4 is 10.1 Å². The summed E-state index contributed by atoms with van der Waals surface area (Å²) in [5.74, 6) is 0.262. The molecule has 7 nitrogen and oxygen atoms in total. The number of nitrogens with zero attached hydrogens (tertiary/aromatic N) is 3.